The van der Waals surface area contributed by atoms with Crippen LogP contribution < -0.4 is 9.47 Å². The Balaban J connectivity index is 2.32. The molecule has 2 heteroatoms. The third kappa shape index (κ3) is 2.95. The number of benzene rings is 2. The zero-order valence-electron chi connectivity index (χ0n) is 11.1. The second-order valence-electron chi connectivity index (χ2n) is 4.34. The van der Waals surface area contributed by atoms with Gasteiger partial charge in [-0.15, -0.1) is 0 Å². The summed E-state index contributed by atoms with van der Waals surface area (Å²) in [4.78, 5) is 0. The first-order valence-corrected chi connectivity index (χ1v) is 6.63. The first kappa shape index (κ1) is 12.7. The average Bonchev–Trinajstić information content (AvgIpc) is 2.42. The van der Waals surface area contributed by atoms with E-state index >= 15 is 0 Å². The van der Waals surface area contributed by atoms with E-state index in [4.69, 9.17) is 9.47 Å². The minimum atomic E-state index is 0.749. The van der Waals surface area contributed by atoms with Crippen LogP contribution in [-0.4, -0.2) is 13.2 Å². The molecule has 0 bridgehead atoms. The molecular weight excluding hydrogens is 224 g/mol. The van der Waals surface area contributed by atoms with Crippen molar-refractivity contribution in [2.24, 2.45) is 0 Å². The molecule has 2 rings (SSSR count). The molecule has 0 radical (unpaired) electrons. The smallest absolute Gasteiger partial charge is 0.127 e. The van der Waals surface area contributed by atoms with Crippen molar-refractivity contribution in [1.29, 1.82) is 0 Å². The highest BCUT2D eigenvalue weighted by Gasteiger charge is 2.03. The Morgan fingerprint density at radius 1 is 0.889 bits per heavy atom. The van der Waals surface area contributed by atoms with Crippen molar-refractivity contribution in [1.82, 2.24) is 0 Å². The molecule has 0 saturated heterocycles. The van der Waals surface area contributed by atoms with Crippen LogP contribution in [0.1, 0.15) is 26.7 Å². The molecule has 96 valence electrons. The number of hydrogen-bond donors (Lipinski definition) is 0. The van der Waals surface area contributed by atoms with Gasteiger partial charge in [-0.3, -0.25) is 0 Å². The maximum atomic E-state index is 5.77. The Labute approximate surface area is 109 Å². The summed E-state index contributed by atoms with van der Waals surface area (Å²) in [7, 11) is 0. The van der Waals surface area contributed by atoms with Gasteiger partial charge in [-0.25, -0.2) is 0 Å². The first-order valence-electron chi connectivity index (χ1n) is 6.63. The third-order valence-electron chi connectivity index (χ3n) is 2.75. The normalized spacial score (nSPS) is 10.6. The number of fused-ring (bicyclic) bond motifs is 1. The quantitative estimate of drug-likeness (QED) is 0.749. The molecule has 0 aliphatic rings. The van der Waals surface area contributed by atoms with Crippen LogP contribution in [0.4, 0.5) is 0 Å². The van der Waals surface area contributed by atoms with Gasteiger partial charge in [0.2, 0.25) is 0 Å². The Bertz CT molecular complexity index is 505. The van der Waals surface area contributed by atoms with Gasteiger partial charge < -0.3 is 9.47 Å². The van der Waals surface area contributed by atoms with E-state index in [1.165, 1.54) is 5.39 Å². The van der Waals surface area contributed by atoms with Crippen molar-refractivity contribution < 1.29 is 9.47 Å². The van der Waals surface area contributed by atoms with Crippen LogP contribution in [0.2, 0.25) is 0 Å². The Morgan fingerprint density at radius 3 is 2.44 bits per heavy atom. The van der Waals surface area contributed by atoms with Crippen LogP contribution in [0.15, 0.2) is 36.4 Å². The molecule has 0 aliphatic carbocycles. The predicted molar refractivity (Wildman–Crippen MR) is 75.5 cm³/mol. The van der Waals surface area contributed by atoms with Crippen LogP contribution in [-0.2, 0) is 0 Å². The summed E-state index contributed by atoms with van der Waals surface area (Å²) >= 11 is 0. The third-order valence-corrected chi connectivity index (χ3v) is 2.75. The summed E-state index contributed by atoms with van der Waals surface area (Å²) in [5.41, 5.74) is 0. The minimum Gasteiger partial charge on any atom is -0.494 e. The van der Waals surface area contributed by atoms with Crippen LogP contribution in [0.3, 0.4) is 0 Å². The summed E-state index contributed by atoms with van der Waals surface area (Å²) < 4.78 is 11.4. The Morgan fingerprint density at radius 2 is 1.67 bits per heavy atom. The Kier molecular flexibility index (Phi) is 4.46. The van der Waals surface area contributed by atoms with Crippen LogP contribution in [0, 0.1) is 0 Å². The summed E-state index contributed by atoms with van der Waals surface area (Å²) in [6, 6.07) is 12.3. The molecule has 0 aliphatic heterocycles. The lowest BCUT2D eigenvalue weighted by molar-refractivity contribution is 0.315. The molecule has 0 N–H and O–H groups in total. The summed E-state index contributed by atoms with van der Waals surface area (Å²) in [6.07, 6.45) is 2.04. The fraction of sp³-hybridized carbons (Fsp3) is 0.375. The minimum absolute atomic E-state index is 0.749. The summed E-state index contributed by atoms with van der Waals surface area (Å²) in [5.74, 6) is 1.85. The van der Waals surface area contributed by atoms with Gasteiger partial charge in [0.05, 0.1) is 13.2 Å². The lowest BCUT2D eigenvalue weighted by Crippen LogP contribution is -1.97. The van der Waals surface area contributed by atoms with Gasteiger partial charge in [0.25, 0.3) is 0 Å². The van der Waals surface area contributed by atoms with Crippen molar-refractivity contribution in [2.75, 3.05) is 13.2 Å². The van der Waals surface area contributed by atoms with E-state index in [9.17, 15) is 0 Å². The monoisotopic (exact) mass is 244 g/mol. The van der Waals surface area contributed by atoms with Crippen molar-refractivity contribution in [3.8, 4) is 11.5 Å². The van der Waals surface area contributed by atoms with Crippen molar-refractivity contribution in [3.63, 3.8) is 0 Å². The van der Waals surface area contributed by atoms with E-state index in [1.807, 2.05) is 18.2 Å². The SMILES string of the molecule is CCCOc1ccc2cccc(OCCC)c2c1. The topological polar surface area (TPSA) is 18.5 Å². The van der Waals surface area contributed by atoms with Gasteiger partial charge >= 0.3 is 0 Å². The van der Waals surface area contributed by atoms with Gasteiger partial charge in [-0.2, -0.15) is 0 Å². The maximum absolute atomic E-state index is 5.77. The predicted octanol–water partition coefficient (Wildman–Crippen LogP) is 4.42. The molecule has 2 aromatic rings. The van der Waals surface area contributed by atoms with Crippen molar-refractivity contribution in [2.45, 2.75) is 26.7 Å². The van der Waals surface area contributed by atoms with E-state index < -0.39 is 0 Å². The van der Waals surface area contributed by atoms with Gasteiger partial charge in [0, 0.05) is 5.39 Å². The van der Waals surface area contributed by atoms with E-state index in [0.29, 0.717) is 0 Å². The molecule has 0 amide bonds. The largest absolute Gasteiger partial charge is 0.494 e. The molecule has 0 unspecified atom stereocenters. The molecule has 2 nitrogen and oxygen atoms in total. The molecule has 0 spiro atoms. The molecule has 0 saturated carbocycles. The van der Waals surface area contributed by atoms with E-state index in [0.717, 1.165) is 42.9 Å². The van der Waals surface area contributed by atoms with E-state index in [1.54, 1.807) is 0 Å². The van der Waals surface area contributed by atoms with Crippen LogP contribution in [0.25, 0.3) is 10.8 Å². The van der Waals surface area contributed by atoms with E-state index in [2.05, 4.69) is 32.0 Å². The second kappa shape index (κ2) is 6.29. The fourth-order valence-electron chi connectivity index (χ4n) is 1.87. The van der Waals surface area contributed by atoms with E-state index in [-0.39, 0.29) is 0 Å². The van der Waals surface area contributed by atoms with Crippen LogP contribution >= 0.6 is 0 Å². The lowest BCUT2D eigenvalue weighted by atomic mass is 10.1. The van der Waals surface area contributed by atoms with Gasteiger partial charge in [0.15, 0.2) is 0 Å². The number of rotatable bonds is 6. The van der Waals surface area contributed by atoms with Crippen molar-refractivity contribution >= 4 is 10.8 Å². The van der Waals surface area contributed by atoms with Gasteiger partial charge in [-0.05, 0) is 36.4 Å². The molecule has 18 heavy (non-hydrogen) atoms. The highest BCUT2D eigenvalue weighted by molar-refractivity contribution is 5.89. The molecule has 0 aromatic heterocycles. The first-order chi connectivity index (χ1) is 8.85. The average molecular weight is 244 g/mol. The molecule has 0 heterocycles. The van der Waals surface area contributed by atoms with Crippen LogP contribution in [0.5, 0.6) is 11.5 Å². The van der Waals surface area contributed by atoms with Gasteiger partial charge in [0.1, 0.15) is 11.5 Å². The summed E-state index contributed by atoms with van der Waals surface area (Å²) in [5, 5.41) is 2.31. The number of ether oxygens (including phenoxy) is 2. The highest BCUT2D eigenvalue weighted by Crippen LogP contribution is 2.29. The fourth-order valence-corrected chi connectivity index (χ4v) is 1.87. The molecule has 2 aromatic carbocycles. The standard InChI is InChI=1S/C16H20O2/c1-3-10-17-14-9-8-13-6-5-7-16(15(13)12-14)18-11-4-2/h5-9,12H,3-4,10-11H2,1-2H3. The second-order valence-corrected chi connectivity index (χ2v) is 4.34. The molecule has 0 atom stereocenters. The molecular formula is C16H20O2. The van der Waals surface area contributed by atoms with Gasteiger partial charge in [-0.1, -0.05) is 32.0 Å². The molecule has 0 fully saturated rings. The zero-order valence-corrected chi connectivity index (χ0v) is 11.1. The van der Waals surface area contributed by atoms with Crippen molar-refractivity contribution in [3.05, 3.63) is 36.4 Å². The lowest BCUT2D eigenvalue weighted by Gasteiger charge is -2.10. The highest BCUT2D eigenvalue weighted by atomic mass is 16.5. The zero-order chi connectivity index (χ0) is 12.8. The Hall–Kier alpha value is -1.70. The number of hydrogen-bond acceptors (Lipinski definition) is 2. The maximum Gasteiger partial charge on any atom is 0.127 e. The summed E-state index contributed by atoms with van der Waals surface area (Å²) in [6.45, 7) is 5.72.